The first-order chi connectivity index (χ1) is 16.8. The number of nitrogens with one attached hydrogen (secondary N) is 1. The smallest absolute Gasteiger partial charge is 0.382 e. The molecule has 0 unspecified atom stereocenters. The van der Waals surface area contributed by atoms with E-state index in [1.165, 1.54) is 30.1 Å². The van der Waals surface area contributed by atoms with Crippen LogP contribution in [0.3, 0.4) is 0 Å². The summed E-state index contributed by atoms with van der Waals surface area (Å²) in [6, 6.07) is -2.32. The number of alkyl halides is 6. The van der Waals surface area contributed by atoms with Gasteiger partial charge < -0.3 is 25.4 Å². The van der Waals surface area contributed by atoms with Crippen molar-refractivity contribution >= 4 is 35.2 Å². The molecule has 0 saturated carbocycles. The highest BCUT2D eigenvalue weighted by atomic mass is 19.4. The molecule has 0 bridgehead atoms. The second kappa shape index (κ2) is 9.38. The van der Waals surface area contributed by atoms with Crippen molar-refractivity contribution < 1.29 is 40.6 Å². The molecular weight excluding hydrogens is 507 g/mol. The molecule has 2 aromatic rings. The van der Waals surface area contributed by atoms with Crippen LogP contribution in [0, 0.1) is 0 Å². The standard InChI is InChI=1S/C19H21B3F6N6O3/c1-15(2,18(23,24)25)37-7-10(29)11-6-33-13(31-11)4-9(5-30-33)12(8-36-3)34-14(35)32-16(20,17(34,21)22)19(26,27)28/h4-6,10,12H,7-8,29H2,1-3H3,(H,32,35)/t10-,12+,16-/m0/s1. The fourth-order valence-corrected chi connectivity index (χ4v) is 3.60. The summed E-state index contributed by atoms with van der Waals surface area (Å²) < 4.78 is 91.3. The number of nitrogens with two attached hydrogens (primary N) is 1. The van der Waals surface area contributed by atoms with Crippen LogP contribution in [0.2, 0.25) is 0 Å². The first kappa shape index (κ1) is 29.1. The Morgan fingerprint density at radius 1 is 1.16 bits per heavy atom. The molecule has 0 spiro atoms. The molecule has 37 heavy (non-hydrogen) atoms. The van der Waals surface area contributed by atoms with Crippen LogP contribution in [0.4, 0.5) is 31.1 Å². The van der Waals surface area contributed by atoms with Gasteiger partial charge in [-0.05, 0) is 25.3 Å². The molecule has 3 heterocycles. The maximum absolute atomic E-state index is 13.7. The van der Waals surface area contributed by atoms with Gasteiger partial charge in [-0.25, -0.2) is 14.3 Å². The van der Waals surface area contributed by atoms with Crippen LogP contribution in [0.5, 0.6) is 0 Å². The lowest BCUT2D eigenvalue weighted by molar-refractivity contribution is -0.264. The molecule has 196 valence electrons. The normalized spacial score (nSPS) is 22.3. The summed E-state index contributed by atoms with van der Waals surface area (Å²) in [7, 11) is 18.2. The zero-order chi connectivity index (χ0) is 28.2. The molecular formula is C19H21B3F6N6O3. The van der Waals surface area contributed by atoms with Gasteiger partial charge in [0.05, 0.1) is 59.1 Å². The molecule has 3 atom stereocenters. The monoisotopic (exact) mass is 528 g/mol. The largest absolute Gasteiger partial charge is 0.416 e. The highest BCUT2D eigenvalue weighted by molar-refractivity contribution is 6.47. The zero-order valence-corrected chi connectivity index (χ0v) is 19.9. The number of hydrogen-bond donors (Lipinski definition) is 2. The lowest BCUT2D eigenvalue weighted by Crippen LogP contribution is -2.70. The lowest BCUT2D eigenvalue weighted by atomic mass is 9.44. The molecule has 2 amide bonds. The molecule has 1 fully saturated rings. The fourth-order valence-electron chi connectivity index (χ4n) is 3.60. The van der Waals surface area contributed by atoms with Gasteiger partial charge in [-0.3, -0.25) is 0 Å². The quantitative estimate of drug-likeness (QED) is 0.395. The van der Waals surface area contributed by atoms with Gasteiger partial charge >= 0.3 is 18.4 Å². The molecule has 18 heteroatoms. The third kappa shape index (κ3) is 5.02. The molecule has 3 N–H and O–H groups in total. The van der Waals surface area contributed by atoms with Crippen LogP contribution in [0.1, 0.15) is 37.2 Å². The summed E-state index contributed by atoms with van der Waals surface area (Å²) in [4.78, 5) is 17.3. The van der Waals surface area contributed by atoms with Gasteiger partial charge in [0.15, 0.2) is 11.2 Å². The Bertz CT molecular complexity index is 1160. The van der Waals surface area contributed by atoms with Crippen molar-refractivity contribution in [1.29, 1.82) is 0 Å². The molecule has 1 aliphatic heterocycles. The number of rotatable bonds is 8. The first-order valence-corrected chi connectivity index (χ1v) is 10.6. The van der Waals surface area contributed by atoms with E-state index in [0.717, 1.165) is 13.8 Å². The lowest BCUT2D eigenvalue weighted by Gasteiger charge is -2.46. The molecule has 0 aromatic carbocycles. The highest BCUT2D eigenvalue weighted by Crippen LogP contribution is 2.44. The van der Waals surface area contributed by atoms with Crippen molar-refractivity contribution in [3.63, 3.8) is 0 Å². The summed E-state index contributed by atoms with van der Waals surface area (Å²) >= 11 is 0. The Kier molecular flexibility index (Phi) is 7.38. The number of amides is 2. The van der Waals surface area contributed by atoms with Gasteiger partial charge in [-0.15, -0.1) is 0 Å². The van der Waals surface area contributed by atoms with Crippen molar-refractivity contribution in [3.8, 4) is 0 Å². The molecule has 9 nitrogen and oxygen atoms in total. The molecule has 1 saturated heterocycles. The molecule has 2 aromatic heterocycles. The average molecular weight is 528 g/mol. The maximum Gasteiger partial charge on any atom is 0.416 e. The Morgan fingerprint density at radius 3 is 2.30 bits per heavy atom. The van der Waals surface area contributed by atoms with E-state index in [0.29, 0.717) is 4.90 Å². The number of fused-ring (bicyclic) bond motifs is 1. The van der Waals surface area contributed by atoms with Gasteiger partial charge in [0, 0.05) is 12.7 Å². The minimum atomic E-state index is -5.21. The number of hydrogen-bond acceptors (Lipinski definition) is 6. The summed E-state index contributed by atoms with van der Waals surface area (Å²) in [5, 5.41) is 2.75. The number of halogens is 6. The third-order valence-electron chi connectivity index (χ3n) is 6.07. The van der Waals surface area contributed by atoms with Crippen molar-refractivity contribution in [2.45, 2.75) is 54.7 Å². The van der Waals surface area contributed by atoms with E-state index >= 15 is 0 Å². The van der Waals surface area contributed by atoms with Gasteiger partial charge in [-0.1, -0.05) is 0 Å². The van der Waals surface area contributed by atoms with Crippen LogP contribution < -0.4 is 11.1 Å². The SMILES string of the molecule is [B]C1([B])N([C@H](COC)c2cnn3cc([C@@H](N)COC(C)(C)C(F)(F)F)nc3c2)C(=O)N[C@]1([B])C(F)(F)F. The van der Waals surface area contributed by atoms with Gasteiger partial charge in [0.1, 0.15) is 13.3 Å². The number of methoxy groups -OCH3 is 1. The summed E-state index contributed by atoms with van der Waals surface area (Å²) in [5.74, 6) is 0. The van der Waals surface area contributed by atoms with E-state index in [1.807, 2.05) is 0 Å². The number of urea groups is 1. The summed E-state index contributed by atoms with van der Waals surface area (Å²) in [6.45, 7) is 0.821. The number of imidazole rings is 1. The van der Waals surface area contributed by atoms with Gasteiger partial charge in [-0.2, -0.15) is 31.4 Å². The fraction of sp³-hybridized carbons (Fsp3) is 0.632. The van der Waals surface area contributed by atoms with E-state index < -0.39 is 53.5 Å². The predicted octanol–water partition coefficient (Wildman–Crippen LogP) is 1.22. The second-order valence-corrected chi connectivity index (χ2v) is 9.09. The highest BCUT2D eigenvalue weighted by Gasteiger charge is 2.67. The number of ether oxygens (including phenoxy) is 2. The van der Waals surface area contributed by atoms with Crippen molar-refractivity contribution in [2.24, 2.45) is 5.73 Å². The van der Waals surface area contributed by atoms with Crippen LogP contribution in [0.25, 0.3) is 5.65 Å². The van der Waals surface area contributed by atoms with Crippen molar-refractivity contribution in [1.82, 2.24) is 24.8 Å². The van der Waals surface area contributed by atoms with Gasteiger partial charge in [0.25, 0.3) is 0 Å². The second-order valence-electron chi connectivity index (χ2n) is 9.09. The molecule has 0 aliphatic carbocycles. The minimum Gasteiger partial charge on any atom is -0.382 e. The van der Waals surface area contributed by atoms with Gasteiger partial charge in [0.2, 0.25) is 0 Å². The number of aromatic nitrogens is 3. The van der Waals surface area contributed by atoms with Crippen molar-refractivity contribution in [2.75, 3.05) is 20.3 Å². The van der Waals surface area contributed by atoms with Crippen molar-refractivity contribution in [3.05, 3.63) is 29.7 Å². The van der Waals surface area contributed by atoms with E-state index in [1.54, 1.807) is 5.32 Å². The Hall–Kier alpha value is -2.46. The predicted molar refractivity (Wildman–Crippen MR) is 120 cm³/mol. The Labute approximate surface area is 211 Å². The van der Waals surface area contributed by atoms with Crippen LogP contribution in [0.15, 0.2) is 18.5 Å². The van der Waals surface area contributed by atoms with Crippen LogP contribution in [-0.2, 0) is 9.47 Å². The number of nitrogens with zero attached hydrogens (tertiary/aromatic N) is 4. The summed E-state index contributed by atoms with van der Waals surface area (Å²) in [6.07, 6.45) is -7.30. The third-order valence-corrected chi connectivity index (χ3v) is 6.07. The van der Waals surface area contributed by atoms with Crippen LogP contribution >= 0.6 is 0 Å². The van der Waals surface area contributed by atoms with Crippen LogP contribution in [-0.4, -0.2) is 98.1 Å². The summed E-state index contributed by atoms with van der Waals surface area (Å²) in [5.41, 5.74) is 0.353. The molecule has 6 radical (unpaired) electrons. The first-order valence-electron chi connectivity index (χ1n) is 10.6. The molecule has 1 aliphatic rings. The minimum absolute atomic E-state index is 0.105. The topological polar surface area (TPSA) is 107 Å². The van der Waals surface area contributed by atoms with E-state index in [2.05, 4.69) is 10.1 Å². The van der Waals surface area contributed by atoms with E-state index in [9.17, 15) is 31.1 Å². The molecule has 3 rings (SSSR count). The maximum atomic E-state index is 13.7. The van der Waals surface area contributed by atoms with E-state index in [4.69, 9.17) is 38.7 Å². The average Bonchev–Trinajstić information content (AvgIpc) is 3.26. The Morgan fingerprint density at radius 2 is 1.78 bits per heavy atom. The number of carbonyl (C=O) groups excluding carboxylic acids is 1. The van der Waals surface area contributed by atoms with E-state index in [-0.39, 0.29) is 23.5 Å². The number of carbonyl (C=O) groups is 1. The zero-order valence-electron chi connectivity index (χ0n) is 19.9. The Balaban J connectivity index is 1.92.